The fourth-order valence-electron chi connectivity index (χ4n) is 2.28. The third-order valence-corrected chi connectivity index (χ3v) is 3.52. The molecule has 1 aliphatic rings. The van der Waals surface area contributed by atoms with Crippen LogP contribution in [-0.4, -0.2) is 42.0 Å². The lowest BCUT2D eigenvalue weighted by Crippen LogP contribution is -2.40. The maximum atomic E-state index is 11.2. The molecule has 2 rings (SSSR count). The first-order valence-electron chi connectivity index (χ1n) is 6.46. The molecule has 1 saturated heterocycles. The van der Waals surface area contributed by atoms with Crippen molar-refractivity contribution >= 4 is 11.6 Å². The quantitative estimate of drug-likeness (QED) is 0.831. The minimum absolute atomic E-state index is 0.252. The molecular formula is C13H20N4O2. The summed E-state index contributed by atoms with van der Waals surface area (Å²) in [5.41, 5.74) is 11.4. The lowest BCUT2D eigenvalue weighted by atomic mass is 10.0. The number of likely N-dealkylation sites (tertiary alicyclic amines) is 1. The van der Waals surface area contributed by atoms with Gasteiger partial charge in [-0.2, -0.15) is 0 Å². The van der Waals surface area contributed by atoms with Crippen LogP contribution < -0.4 is 16.2 Å². The number of rotatable bonds is 4. The van der Waals surface area contributed by atoms with Crippen LogP contribution in [-0.2, 0) is 0 Å². The van der Waals surface area contributed by atoms with E-state index >= 15 is 0 Å². The van der Waals surface area contributed by atoms with Crippen molar-refractivity contribution < 1.29 is 9.53 Å². The SMILES string of the molecule is CN1CCCCC1COc1cc(C(N)=O)c(N)cn1. The Morgan fingerprint density at radius 1 is 1.58 bits per heavy atom. The lowest BCUT2D eigenvalue weighted by molar-refractivity contribution is 0.0999. The number of aromatic nitrogens is 1. The largest absolute Gasteiger partial charge is 0.476 e. The summed E-state index contributed by atoms with van der Waals surface area (Å²) in [6.45, 7) is 1.65. The van der Waals surface area contributed by atoms with Gasteiger partial charge in [-0.3, -0.25) is 4.79 Å². The van der Waals surface area contributed by atoms with Crippen LogP contribution >= 0.6 is 0 Å². The second kappa shape index (κ2) is 5.88. The van der Waals surface area contributed by atoms with Crippen molar-refractivity contribution in [2.45, 2.75) is 25.3 Å². The Hall–Kier alpha value is -1.82. The van der Waals surface area contributed by atoms with Gasteiger partial charge in [-0.05, 0) is 26.4 Å². The zero-order valence-electron chi connectivity index (χ0n) is 11.1. The Labute approximate surface area is 112 Å². The Morgan fingerprint density at radius 3 is 3.05 bits per heavy atom. The molecule has 1 aromatic rings. The summed E-state index contributed by atoms with van der Waals surface area (Å²) >= 11 is 0. The van der Waals surface area contributed by atoms with Gasteiger partial charge < -0.3 is 21.1 Å². The molecule has 1 atom stereocenters. The Morgan fingerprint density at radius 2 is 2.37 bits per heavy atom. The van der Waals surface area contributed by atoms with E-state index < -0.39 is 5.91 Å². The minimum Gasteiger partial charge on any atom is -0.476 e. The molecule has 4 N–H and O–H groups in total. The number of ether oxygens (including phenoxy) is 1. The molecule has 2 heterocycles. The molecule has 1 fully saturated rings. The molecule has 104 valence electrons. The van der Waals surface area contributed by atoms with E-state index in [2.05, 4.69) is 16.9 Å². The third kappa shape index (κ3) is 3.35. The van der Waals surface area contributed by atoms with Gasteiger partial charge in [0.05, 0.1) is 17.4 Å². The van der Waals surface area contributed by atoms with Crippen molar-refractivity contribution in [2.24, 2.45) is 5.73 Å². The van der Waals surface area contributed by atoms with E-state index in [1.807, 2.05) is 0 Å². The predicted molar refractivity (Wildman–Crippen MR) is 72.9 cm³/mol. The topological polar surface area (TPSA) is 94.5 Å². The average Bonchev–Trinajstić information content (AvgIpc) is 2.39. The molecule has 6 nitrogen and oxygen atoms in total. The fraction of sp³-hybridized carbons (Fsp3) is 0.538. The summed E-state index contributed by atoms with van der Waals surface area (Å²) in [7, 11) is 2.10. The summed E-state index contributed by atoms with van der Waals surface area (Å²) in [6, 6.07) is 1.89. The van der Waals surface area contributed by atoms with Gasteiger partial charge in [0.25, 0.3) is 5.91 Å². The van der Waals surface area contributed by atoms with Gasteiger partial charge in [0, 0.05) is 12.1 Å². The zero-order chi connectivity index (χ0) is 13.8. The number of amides is 1. The van der Waals surface area contributed by atoms with E-state index in [1.165, 1.54) is 25.1 Å². The highest BCUT2D eigenvalue weighted by molar-refractivity contribution is 5.97. The number of carbonyl (C=O) groups is 1. The molecule has 1 amide bonds. The van der Waals surface area contributed by atoms with Crippen molar-refractivity contribution in [3.8, 4) is 5.88 Å². The van der Waals surface area contributed by atoms with E-state index in [0.717, 1.165) is 13.0 Å². The highest BCUT2D eigenvalue weighted by Gasteiger charge is 2.19. The van der Waals surface area contributed by atoms with Crippen molar-refractivity contribution in [1.82, 2.24) is 9.88 Å². The van der Waals surface area contributed by atoms with Gasteiger partial charge in [-0.1, -0.05) is 6.42 Å². The molecule has 0 aliphatic carbocycles. The standard InChI is InChI=1S/C13H20N4O2/c1-17-5-3-2-4-9(17)8-19-12-6-10(13(15)18)11(14)7-16-12/h6-7,9H,2-5,8,14H2,1H3,(H2,15,18). The second-order valence-corrected chi connectivity index (χ2v) is 4.92. The number of hydrogen-bond acceptors (Lipinski definition) is 5. The van der Waals surface area contributed by atoms with Crippen LogP contribution in [0.25, 0.3) is 0 Å². The number of carbonyl (C=O) groups excluding carboxylic acids is 1. The highest BCUT2D eigenvalue weighted by atomic mass is 16.5. The molecule has 0 radical (unpaired) electrons. The zero-order valence-corrected chi connectivity index (χ0v) is 11.1. The summed E-state index contributed by atoms with van der Waals surface area (Å²) in [5.74, 6) is -0.179. The van der Waals surface area contributed by atoms with Gasteiger partial charge in [-0.25, -0.2) is 4.98 Å². The van der Waals surface area contributed by atoms with E-state index in [0.29, 0.717) is 18.5 Å². The van der Waals surface area contributed by atoms with Crippen LogP contribution in [0.3, 0.4) is 0 Å². The number of nitrogens with zero attached hydrogens (tertiary/aromatic N) is 2. The van der Waals surface area contributed by atoms with Crippen LogP contribution in [0, 0.1) is 0 Å². The summed E-state index contributed by atoms with van der Waals surface area (Å²) in [5, 5.41) is 0. The lowest BCUT2D eigenvalue weighted by Gasteiger charge is -2.31. The van der Waals surface area contributed by atoms with Crippen LogP contribution in [0.5, 0.6) is 5.88 Å². The first-order chi connectivity index (χ1) is 9.08. The maximum absolute atomic E-state index is 11.2. The smallest absolute Gasteiger partial charge is 0.251 e. The van der Waals surface area contributed by atoms with Crippen LogP contribution in [0.4, 0.5) is 5.69 Å². The summed E-state index contributed by atoms with van der Waals surface area (Å²) in [4.78, 5) is 17.5. The molecular weight excluding hydrogens is 244 g/mol. The number of anilines is 1. The third-order valence-electron chi connectivity index (χ3n) is 3.52. The number of likely N-dealkylation sites (N-methyl/N-ethyl adjacent to an activating group) is 1. The Kier molecular flexibility index (Phi) is 4.21. The van der Waals surface area contributed by atoms with Crippen LogP contribution in [0.2, 0.25) is 0 Å². The number of primary amides is 1. The average molecular weight is 264 g/mol. The van der Waals surface area contributed by atoms with Crippen LogP contribution in [0.1, 0.15) is 29.6 Å². The highest BCUT2D eigenvalue weighted by Crippen LogP contribution is 2.19. The number of nitrogens with two attached hydrogens (primary N) is 2. The maximum Gasteiger partial charge on any atom is 0.251 e. The number of pyridine rings is 1. The predicted octanol–water partition coefficient (Wildman–Crippen LogP) is 0.626. The van der Waals surface area contributed by atoms with Crippen molar-refractivity contribution in [3.63, 3.8) is 0 Å². The molecule has 0 bridgehead atoms. The molecule has 1 aliphatic heterocycles. The van der Waals surface area contributed by atoms with Gasteiger partial charge in [0.2, 0.25) is 5.88 Å². The monoisotopic (exact) mass is 264 g/mol. The molecule has 0 saturated carbocycles. The summed E-state index contributed by atoms with van der Waals surface area (Å²) in [6.07, 6.45) is 4.98. The number of nitrogen functional groups attached to an aromatic ring is 1. The van der Waals surface area contributed by atoms with Gasteiger partial charge in [0.1, 0.15) is 6.61 Å². The molecule has 0 spiro atoms. The first-order valence-corrected chi connectivity index (χ1v) is 6.46. The normalized spacial score (nSPS) is 20.2. The first kappa shape index (κ1) is 13.6. The second-order valence-electron chi connectivity index (χ2n) is 4.92. The minimum atomic E-state index is -0.570. The van der Waals surface area contributed by atoms with E-state index in [-0.39, 0.29) is 11.3 Å². The molecule has 6 heteroatoms. The van der Waals surface area contributed by atoms with E-state index in [9.17, 15) is 4.79 Å². The van der Waals surface area contributed by atoms with Crippen molar-refractivity contribution in [2.75, 3.05) is 25.9 Å². The summed E-state index contributed by atoms with van der Waals surface area (Å²) < 4.78 is 5.65. The van der Waals surface area contributed by atoms with Crippen LogP contribution in [0.15, 0.2) is 12.3 Å². The molecule has 19 heavy (non-hydrogen) atoms. The van der Waals surface area contributed by atoms with Gasteiger partial charge in [-0.15, -0.1) is 0 Å². The molecule has 1 unspecified atom stereocenters. The Bertz CT molecular complexity index is 464. The molecule has 0 aromatic carbocycles. The van der Waals surface area contributed by atoms with Gasteiger partial charge in [0.15, 0.2) is 0 Å². The molecule has 1 aromatic heterocycles. The Balaban J connectivity index is 1.99. The van der Waals surface area contributed by atoms with Crippen molar-refractivity contribution in [3.05, 3.63) is 17.8 Å². The number of hydrogen-bond donors (Lipinski definition) is 2. The van der Waals surface area contributed by atoms with E-state index in [4.69, 9.17) is 16.2 Å². The van der Waals surface area contributed by atoms with E-state index in [1.54, 1.807) is 0 Å². The number of piperidine rings is 1. The fourth-order valence-corrected chi connectivity index (χ4v) is 2.28. The van der Waals surface area contributed by atoms with Gasteiger partial charge >= 0.3 is 0 Å². The van der Waals surface area contributed by atoms with Crippen molar-refractivity contribution in [1.29, 1.82) is 0 Å².